The van der Waals surface area contributed by atoms with Crippen LogP contribution in [0.1, 0.15) is 141 Å². The van der Waals surface area contributed by atoms with E-state index in [0.29, 0.717) is 45.0 Å². The number of carbonyl (C=O) groups is 5. The van der Waals surface area contributed by atoms with Gasteiger partial charge in [-0.15, -0.1) is 0 Å². The second-order valence-electron chi connectivity index (χ2n) is 28.9. The fraction of sp³-hybridized carbons (Fsp3) is 0.446. The summed E-state index contributed by atoms with van der Waals surface area (Å²) in [7, 11) is -11.7. The van der Waals surface area contributed by atoms with Crippen molar-refractivity contribution in [2.24, 2.45) is 16.2 Å². The molecular formula is C74H83F6N5O17S3. The van der Waals surface area contributed by atoms with E-state index in [1.54, 1.807) is 93.6 Å². The Labute approximate surface area is 604 Å². The Morgan fingerprint density at radius 1 is 0.457 bits per heavy atom. The number of ketones is 2. The second kappa shape index (κ2) is 29.1. The van der Waals surface area contributed by atoms with Crippen molar-refractivity contribution in [3.05, 3.63) is 187 Å². The Morgan fingerprint density at radius 3 is 1.15 bits per heavy atom. The SMILES string of the molecule is Cc1c(Cc2ccccc2S(=O)(=O)N2CCOCC2)c2c(n1CC(=O)O)CC(C)(C)C(F)(F)C2=O.Cc1c(Cc2ccccc2S(=O)(=O)N2CCOCC2)c2c(n1CC(=O)O)CC(C)(C)C(F)(F)C2O.Cc1c(Cc2ccccc2S(=O)(=O)c2ccccc2)c2c(n1CC(=O)O)CC(C)(C)C(F)(F)C2=O. The zero-order valence-electron chi connectivity index (χ0n) is 59.2. The summed E-state index contributed by atoms with van der Waals surface area (Å²) in [5, 5.41) is 39.2. The summed E-state index contributed by atoms with van der Waals surface area (Å²) < 4.78 is 188. The molecule has 7 aromatic rings. The van der Waals surface area contributed by atoms with Crippen LogP contribution in [0.3, 0.4) is 0 Å². The molecule has 5 heterocycles. The monoisotopic (exact) mass is 1520 g/mol. The van der Waals surface area contributed by atoms with Gasteiger partial charge in [0.2, 0.25) is 41.5 Å². The Hall–Kier alpha value is -8.30. The van der Waals surface area contributed by atoms with Crippen LogP contribution in [0.15, 0.2) is 123 Å². The quantitative estimate of drug-likeness (QED) is 0.0580. The first kappa shape index (κ1) is 79.3. The molecule has 12 rings (SSSR count). The molecule has 3 aliphatic carbocycles. The lowest BCUT2D eigenvalue weighted by Gasteiger charge is -2.42. The molecule has 0 spiro atoms. The lowest BCUT2D eigenvalue weighted by Crippen LogP contribution is -2.49. The van der Waals surface area contributed by atoms with Crippen LogP contribution in [0, 0.1) is 37.0 Å². The van der Waals surface area contributed by atoms with Gasteiger partial charge >= 0.3 is 29.8 Å². The number of sulfone groups is 1. The van der Waals surface area contributed by atoms with Gasteiger partial charge in [0, 0.05) is 113 Å². The molecule has 0 amide bonds. The van der Waals surface area contributed by atoms with Gasteiger partial charge in [-0.3, -0.25) is 24.0 Å². The topological polar surface area (TPSA) is 308 Å². The normalized spacial score (nSPS) is 19.6. The minimum Gasteiger partial charge on any atom is -0.480 e. The van der Waals surface area contributed by atoms with E-state index >= 15 is 26.3 Å². The predicted octanol–water partition coefficient (Wildman–Crippen LogP) is 10.3. The maximum absolute atomic E-state index is 15.2. The average molecular weight is 1520 g/mol. The standard InChI is InChI=1S/C26H25F2NO5S.C24H30F2N2O6S.C24H28F2N2O6S/c1-16-19(13-17-9-7-8-12-21(17)35(33,34)18-10-5-4-6-11-18)23-20(29(16)15-22(30)31)14-25(2,3)26(27,28)24(23)32;2*1-15-17(12-16-6-4-5-7-19(16)35(32,33)27-8-10-34-11-9-27)21-18(28(15)14-20(29)30)13-23(2,3)24(25,26)22(21)31/h4-12H,13-15H2,1-3H3,(H,30,31);4-7,22,31H,8-14H2,1-3H3,(H,29,30);4-7H,8-14H2,1-3H3,(H,29,30). The number of morpholine rings is 2. The van der Waals surface area contributed by atoms with Crippen molar-refractivity contribution in [1.29, 1.82) is 0 Å². The fourth-order valence-electron chi connectivity index (χ4n) is 14.7. The molecule has 1 atom stereocenters. The third-order valence-corrected chi connectivity index (χ3v) is 26.7. The van der Waals surface area contributed by atoms with E-state index in [1.807, 2.05) is 0 Å². The fourth-order valence-corrected chi connectivity index (χ4v) is 19.4. The molecule has 566 valence electrons. The molecule has 0 bridgehead atoms. The van der Waals surface area contributed by atoms with Gasteiger partial charge in [-0.1, -0.05) is 114 Å². The van der Waals surface area contributed by atoms with Gasteiger partial charge < -0.3 is 43.6 Å². The van der Waals surface area contributed by atoms with Crippen molar-refractivity contribution >= 4 is 59.4 Å². The minimum absolute atomic E-state index is 0.000632. The molecule has 1 unspecified atom stereocenters. The van der Waals surface area contributed by atoms with Crippen LogP contribution >= 0.6 is 0 Å². The summed E-state index contributed by atoms with van der Waals surface area (Å²) >= 11 is 0. The van der Waals surface area contributed by atoms with Crippen LogP contribution in [-0.2, 0) is 112 Å². The first-order valence-electron chi connectivity index (χ1n) is 33.7. The zero-order valence-corrected chi connectivity index (χ0v) is 61.7. The number of hydrogen-bond donors (Lipinski definition) is 4. The third-order valence-electron chi connectivity index (χ3n) is 20.8. The number of alkyl halides is 6. The van der Waals surface area contributed by atoms with E-state index in [2.05, 4.69) is 0 Å². The van der Waals surface area contributed by atoms with Gasteiger partial charge in [0.15, 0.2) is 0 Å². The van der Waals surface area contributed by atoms with Gasteiger partial charge in [-0.25, -0.2) is 34.0 Å². The lowest BCUT2D eigenvalue weighted by molar-refractivity contribution is -0.192. The molecule has 2 aliphatic heterocycles. The molecule has 3 aromatic heterocycles. The highest BCUT2D eigenvalue weighted by Crippen LogP contribution is 2.55. The van der Waals surface area contributed by atoms with Gasteiger partial charge in [0.25, 0.3) is 5.92 Å². The van der Waals surface area contributed by atoms with E-state index in [1.165, 1.54) is 94.2 Å². The number of nitrogens with zero attached hydrogens (tertiary/aromatic N) is 5. The number of carbonyl (C=O) groups excluding carboxylic acids is 2. The van der Waals surface area contributed by atoms with E-state index in [4.69, 9.17) is 9.47 Å². The number of ether oxygens (including phenoxy) is 2. The van der Waals surface area contributed by atoms with E-state index in [0.717, 1.165) is 0 Å². The first-order chi connectivity index (χ1) is 48.9. The molecule has 0 radical (unpaired) electrons. The number of Topliss-reactive ketones (excluding diaryl/α,β-unsaturated/α-hetero) is 2. The van der Waals surface area contributed by atoms with Crippen LogP contribution in [0.5, 0.6) is 0 Å². The molecule has 105 heavy (non-hydrogen) atoms. The number of aliphatic hydroxyl groups is 1. The number of fused-ring (bicyclic) bond motifs is 3. The smallest absolute Gasteiger partial charge is 0.323 e. The summed E-state index contributed by atoms with van der Waals surface area (Å²) in [4.78, 5) is 61.0. The number of aromatic nitrogens is 3. The maximum Gasteiger partial charge on any atom is 0.323 e. The van der Waals surface area contributed by atoms with E-state index < -0.39 is 119 Å². The van der Waals surface area contributed by atoms with Crippen LogP contribution in [0.2, 0.25) is 0 Å². The molecule has 0 saturated carbocycles. The highest BCUT2D eigenvalue weighted by atomic mass is 32.2. The zero-order chi connectivity index (χ0) is 77.3. The Balaban J connectivity index is 0.000000169. The van der Waals surface area contributed by atoms with Crippen molar-refractivity contribution in [3.8, 4) is 0 Å². The predicted molar refractivity (Wildman–Crippen MR) is 370 cm³/mol. The van der Waals surface area contributed by atoms with E-state index in [-0.39, 0.29) is 150 Å². The molecule has 5 aliphatic rings. The molecule has 4 aromatic carbocycles. The van der Waals surface area contributed by atoms with Crippen molar-refractivity contribution in [1.82, 2.24) is 22.3 Å². The van der Waals surface area contributed by atoms with Gasteiger partial charge in [-0.05, 0) is 104 Å². The van der Waals surface area contributed by atoms with Crippen molar-refractivity contribution in [2.75, 3.05) is 52.6 Å². The number of carboxylic acids is 3. The Morgan fingerprint density at radius 2 is 0.771 bits per heavy atom. The number of hydrogen-bond acceptors (Lipinski definition) is 14. The number of halogens is 6. The van der Waals surface area contributed by atoms with Gasteiger partial charge in [0.05, 0.1) is 46.0 Å². The number of sulfonamides is 2. The Bertz CT molecular complexity index is 4960. The number of aliphatic hydroxyl groups excluding tert-OH is 1. The molecule has 4 N–H and O–H groups in total. The number of aliphatic carboxylic acids is 3. The third kappa shape index (κ3) is 14.5. The minimum atomic E-state index is -3.92. The number of rotatable bonds is 18. The number of carboxylic acid groups (broad SMARTS) is 3. The van der Waals surface area contributed by atoms with Crippen LogP contribution in [0.25, 0.3) is 0 Å². The summed E-state index contributed by atoms with van der Waals surface area (Å²) in [5.74, 6) is -17.0. The highest BCUT2D eigenvalue weighted by Gasteiger charge is 2.61. The molecule has 22 nitrogen and oxygen atoms in total. The van der Waals surface area contributed by atoms with Crippen LogP contribution < -0.4 is 0 Å². The number of benzene rings is 4. The first-order valence-corrected chi connectivity index (χ1v) is 38.1. The van der Waals surface area contributed by atoms with Crippen molar-refractivity contribution < 1.29 is 105 Å². The van der Waals surface area contributed by atoms with Gasteiger partial charge in [-0.2, -0.15) is 26.2 Å². The summed E-state index contributed by atoms with van der Waals surface area (Å²) in [6.07, 6.45) is -2.94. The average Bonchev–Trinajstić information content (AvgIpc) is 1.62. The molecule has 2 fully saturated rings. The van der Waals surface area contributed by atoms with Crippen LogP contribution in [-0.4, -0.2) is 168 Å². The molecule has 2 saturated heterocycles. The van der Waals surface area contributed by atoms with Gasteiger partial charge in [0.1, 0.15) is 25.7 Å². The maximum atomic E-state index is 15.2. The summed E-state index contributed by atoms with van der Waals surface area (Å²) in [6.45, 7) is 13.1. The summed E-state index contributed by atoms with van der Waals surface area (Å²) in [6, 6.07) is 26.7. The van der Waals surface area contributed by atoms with Crippen LogP contribution in [0.4, 0.5) is 26.3 Å². The Kier molecular flexibility index (Phi) is 22.0. The largest absolute Gasteiger partial charge is 0.480 e. The van der Waals surface area contributed by atoms with Crippen molar-refractivity contribution in [3.63, 3.8) is 0 Å². The summed E-state index contributed by atoms with van der Waals surface area (Å²) in [5.41, 5.74) is -1.63. The lowest BCUT2D eigenvalue weighted by atomic mass is 9.71. The second-order valence-corrected chi connectivity index (χ2v) is 34.6. The highest BCUT2D eigenvalue weighted by molar-refractivity contribution is 7.91. The van der Waals surface area contributed by atoms with E-state index in [9.17, 15) is 69.7 Å². The molecular weight excluding hydrogens is 1440 g/mol. The molecule has 31 heteroatoms. The van der Waals surface area contributed by atoms with Crippen molar-refractivity contribution in [2.45, 2.75) is 164 Å².